The molecule has 2 N–H and O–H groups in total. The Kier molecular flexibility index (Phi) is 4.07. The molecule has 3 rings (SSSR count). The fourth-order valence-corrected chi connectivity index (χ4v) is 3.48. The van der Waals surface area contributed by atoms with E-state index < -0.39 is 0 Å². The van der Waals surface area contributed by atoms with Crippen molar-refractivity contribution >= 4 is 0 Å². The van der Waals surface area contributed by atoms with E-state index in [4.69, 9.17) is 5.73 Å². The Labute approximate surface area is 126 Å². The molecule has 0 aliphatic heterocycles. The second-order valence-electron chi connectivity index (χ2n) is 6.16. The molecule has 2 aromatic rings. The maximum absolute atomic E-state index is 14.0. The number of benzene rings is 2. The maximum atomic E-state index is 14.0. The van der Waals surface area contributed by atoms with E-state index in [-0.39, 0.29) is 11.9 Å². The molecule has 21 heavy (non-hydrogen) atoms. The summed E-state index contributed by atoms with van der Waals surface area (Å²) in [6, 6.07) is 13.6. The molecule has 0 amide bonds. The second-order valence-corrected chi connectivity index (χ2v) is 6.16. The van der Waals surface area contributed by atoms with E-state index >= 15 is 0 Å². The fourth-order valence-electron chi connectivity index (χ4n) is 3.48. The molecule has 0 saturated carbocycles. The van der Waals surface area contributed by atoms with Gasteiger partial charge in [0.2, 0.25) is 0 Å². The highest BCUT2D eigenvalue weighted by molar-refractivity contribution is 5.34. The van der Waals surface area contributed by atoms with Crippen molar-refractivity contribution in [2.75, 3.05) is 0 Å². The molecule has 0 spiro atoms. The third kappa shape index (κ3) is 3.01. The van der Waals surface area contributed by atoms with Crippen molar-refractivity contribution in [3.05, 3.63) is 70.5 Å². The molecular formula is C19H22FN. The van der Waals surface area contributed by atoms with Crippen LogP contribution in [0.15, 0.2) is 42.5 Å². The number of halogens is 1. The molecule has 1 aliphatic rings. The molecule has 0 aromatic heterocycles. The number of rotatable bonds is 3. The number of hydrogen-bond acceptors (Lipinski definition) is 1. The van der Waals surface area contributed by atoms with Crippen LogP contribution in [0.25, 0.3) is 0 Å². The summed E-state index contributed by atoms with van der Waals surface area (Å²) in [6.45, 7) is 1.98. The van der Waals surface area contributed by atoms with Gasteiger partial charge in [0, 0.05) is 11.6 Å². The first kappa shape index (κ1) is 14.3. The Morgan fingerprint density at radius 3 is 2.90 bits per heavy atom. The highest BCUT2D eigenvalue weighted by Crippen LogP contribution is 2.37. The molecular weight excluding hydrogens is 261 g/mol. The predicted molar refractivity (Wildman–Crippen MR) is 84.8 cm³/mol. The van der Waals surface area contributed by atoms with Crippen molar-refractivity contribution in [3.63, 3.8) is 0 Å². The molecule has 0 saturated heterocycles. The summed E-state index contributed by atoms with van der Waals surface area (Å²) in [5, 5.41) is 0. The van der Waals surface area contributed by atoms with Crippen LogP contribution in [0.3, 0.4) is 0 Å². The first-order valence-corrected chi connectivity index (χ1v) is 7.74. The van der Waals surface area contributed by atoms with E-state index in [0.717, 1.165) is 24.8 Å². The molecule has 2 heteroatoms. The average Bonchev–Trinajstić information content (AvgIpc) is 2.50. The summed E-state index contributed by atoms with van der Waals surface area (Å²) in [4.78, 5) is 0. The molecule has 2 atom stereocenters. The fraction of sp³-hybridized carbons (Fsp3) is 0.368. The van der Waals surface area contributed by atoms with E-state index in [2.05, 4.69) is 24.3 Å². The molecule has 1 nitrogen and oxygen atoms in total. The van der Waals surface area contributed by atoms with Gasteiger partial charge in [-0.15, -0.1) is 0 Å². The Morgan fingerprint density at radius 1 is 1.24 bits per heavy atom. The molecule has 2 unspecified atom stereocenters. The van der Waals surface area contributed by atoms with Crippen molar-refractivity contribution in [2.45, 2.75) is 44.6 Å². The van der Waals surface area contributed by atoms with Gasteiger partial charge in [0.05, 0.1) is 0 Å². The van der Waals surface area contributed by atoms with Gasteiger partial charge in [0.1, 0.15) is 5.82 Å². The lowest BCUT2D eigenvalue weighted by atomic mass is 9.79. The van der Waals surface area contributed by atoms with E-state index in [1.807, 2.05) is 13.0 Å². The average molecular weight is 283 g/mol. The second kappa shape index (κ2) is 5.98. The molecule has 1 aliphatic carbocycles. The predicted octanol–water partition coefficient (Wildman–Crippen LogP) is 4.64. The zero-order valence-electron chi connectivity index (χ0n) is 12.5. The van der Waals surface area contributed by atoms with Crippen LogP contribution < -0.4 is 5.73 Å². The zero-order valence-corrected chi connectivity index (χ0v) is 12.5. The SMILES string of the molecule is Cc1ccc(F)c(C(N)CC2CCCc3ccccc32)c1. The standard InChI is InChI=1S/C19H22FN/c1-13-9-10-18(20)17(11-13)19(21)12-15-7-4-6-14-5-2-3-8-16(14)15/h2-3,5,8-11,15,19H,4,6-7,12,21H2,1H3. The van der Waals surface area contributed by atoms with E-state index in [1.54, 1.807) is 6.07 Å². The highest BCUT2D eigenvalue weighted by atomic mass is 19.1. The summed E-state index contributed by atoms with van der Waals surface area (Å²) in [6.07, 6.45) is 4.32. The summed E-state index contributed by atoms with van der Waals surface area (Å²) in [5.41, 5.74) is 10.9. The van der Waals surface area contributed by atoms with Crippen LogP contribution in [-0.2, 0) is 6.42 Å². The largest absolute Gasteiger partial charge is 0.324 e. The molecule has 0 radical (unpaired) electrons. The monoisotopic (exact) mass is 283 g/mol. The van der Waals surface area contributed by atoms with E-state index in [0.29, 0.717) is 11.5 Å². The maximum Gasteiger partial charge on any atom is 0.127 e. The summed E-state index contributed by atoms with van der Waals surface area (Å²) < 4.78 is 14.0. The molecule has 2 aromatic carbocycles. The van der Waals surface area contributed by atoms with Gasteiger partial charge in [0.15, 0.2) is 0 Å². The lowest BCUT2D eigenvalue weighted by Crippen LogP contribution is -2.19. The first-order valence-electron chi connectivity index (χ1n) is 7.74. The van der Waals surface area contributed by atoms with Gasteiger partial charge in [0.25, 0.3) is 0 Å². The van der Waals surface area contributed by atoms with Crippen molar-refractivity contribution in [3.8, 4) is 0 Å². The van der Waals surface area contributed by atoms with Crippen LogP contribution in [0.4, 0.5) is 4.39 Å². The van der Waals surface area contributed by atoms with Crippen LogP contribution in [0.1, 0.15) is 53.5 Å². The minimum Gasteiger partial charge on any atom is -0.324 e. The van der Waals surface area contributed by atoms with Crippen LogP contribution in [0.5, 0.6) is 0 Å². The van der Waals surface area contributed by atoms with Crippen LogP contribution >= 0.6 is 0 Å². The third-order valence-corrected chi connectivity index (χ3v) is 4.58. The lowest BCUT2D eigenvalue weighted by Gasteiger charge is -2.28. The topological polar surface area (TPSA) is 26.0 Å². The number of fused-ring (bicyclic) bond motifs is 1. The van der Waals surface area contributed by atoms with E-state index in [9.17, 15) is 4.39 Å². The third-order valence-electron chi connectivity index (χ3n) is 4.58. The zero-order chi connectivity index (χ0) is 14.8. The molecule has 110 valence electrons. The van der Waals surface area contributed by atoms with E-state index in [1.165, 1.54) is 23.6 Å². The lowest BCUT2D eigenvalue weighted by molar-refractivity contribution is 0.464. The first-order chi connectivity index (χ1) is 10.1. The number of aryl methyl sites for hydroxylation is 2. The van der Waals surface area contributed by atoms with Crippen LogP contribution in [0, 0.1) is 12.7 Å². The smallest absolute Gasteiger partial charge is 0.127 e. The molecule has 0 bridgehead atoms. The van der Waals surface area contributed by atoms with Crippen molar-refractivity contribution in [1.29, 1.82) is 0 Å². The summed E-state index contributed by atoms with van der Waals surface area (Å²) in [5.74, 6) is 0.266. The normalized spacial score (nSPS) is 19.1. The molecule has 0 fully saturated rings. The van der Waals surface area contributed by atoms with Crippen LogP contribution in [-0.4, -0.2) is 0 Å². The summed E-state index contributed by atoms with van der Waals surface area (Å²) >= 11 is 0. The van der Waals surface area contributed by atoms with Gasteiger partial charge in [-0.25, -0.2) is 4.39 Å². The summed E-state index contributed by atoms with van der Waals surface area (Å²) in [7, 11) is 0. The Morgan fingerprint density at radius 2 is 2.05 bits per heavy atom. The minimum absolute atomic E-state index is 0.183. The van der Waals surface area contributed by atoms with Crippen molar-refractivity contribution in [1.82, 2.24) is 0 Å². The highest BCUT2D eigenvalue weighted by Gasteiger charge is 2.23. The van der Waals surface area contributed by atoms with Crippen molar-refractivity contribution in [2.24, 2.45) is 5.73 Å². The Hall–Kier alpha value is -1.67. The van der Waals surface area contributed by atoms with Crippen molar-refractivity contribution < 1.29 is 4.39 Å². The Balaban J connectivity index is 1.82. The minimum atomic E-state index is -0.235. The van der Waals surface area contributed by atoms with Gasteiger partial charge in [-0.2, -0.15) is 0 Å². The number of hydrogen-bond donors (Lipinski definition) is 1. The number of nitrogens with two attached hydrogens (primary N) is 1. The van der Waals surface area contributed by atoms with Gasteiger partial charge in [-0.1, -0.05) is 42.0 Å². The quantitative estimate of drug-likeness (QED) is 0.872. The van der Waals surface area contributed by atoms with Crippen LogP contribution in [0.2, 0.25) is 0 Å². The van der Waals surface area contributed by atoms with Gasteiger partial charge < -0.3 is 5.73 Å². The van der Waals surface area contributed by atoms with Gasteiger partial charge in [-0.05, 0) is 55.7 Å². The van der Waals surface area contributed by atoms with Gasteiger partial charge >= 0.3 is 0 Å². The molecule has 0 heterocycles. The Bertz CT molecular complexity index is 635. The van der Waals surface area contributed by atoms with Gasteiger partial charge in [-0.3, -0.25) is 0 Å².